The molecule has 0 atom stereocenters. The average Bonchev–Trinajstić information content (AvgIpc) is 2.58. The molecule has 126 valence electrons. The molecule has 0 bridgehead atoms. The molecule has 0 unspecified atom stereocenters. The van der Waals surface area contributed by atoms with Crippen molar-refractivity contribution < 1.29 is 18.0 Å². The first-order chi connectivity index (χ1) is 11.4. The summed E-state index contributed by atoms with van der Waals surface area (Å²) in [5.41, 5.74) is 1.87. The van der Waals surface area contributed by atoms with Crippen LogP contribution in [-0.2, 0) is 19.1 Å². The van der Waals surface area contributed by atoms with Crippen LogP contribution in [0.1, 0.15) is 33.5 Å². The molecule has 1 amide bonds. The summed E-state index contributed by atoms with van der Waals surface area (Å²) in [4.78, 5) is 12.3. The lowest BCUT2D eigenvalue weighted by atomic mass is 10.0. The van der Waals surface area contributed by atoms with Gasteiger partial charge in [-0.3, -0.25) is 4.79 Å². The van der Waals surface area contributed by atoms with Gasteiger partial charge in [0.2, 0.25) is 0 Å². The number of fused-ring (bicyclic) bond motifs is 1. The summed E-state index contributed by atoms with van der Waals surface area (Å²) in [6.45, 7) is 0.747. The molecular weight excluding hydrogens is 317 g/mol. The van der Waals surface area contributed by atoms with Gasteiger partial charge in [-0.1, -0.05) is 18.2 Å². The molecule has 1 heterocycles. The molecule has 2 N–H and O–H groups in total. The van der Waals surface area contributed by atoms with Gasteiger partial charge in [-0.05, 0) is 48.2 Å². The molecule has 6 heteroatoms. The quantitative estimate of drug-likeness (QED) is 0.891. The predicted octanol–water partition coefficient (Wildman–Crippen LogP) is 3.99. The molecule has 0 saturated carbocycles. The molecule has 0 fully saturated rings. The van der Waals surface area contributed by atoms with E-state index in [2.05, 4.69) is 10.6 Å². The monoisotopic (exact) mass is 334 g/mol. The van der Waals surface area contributed by atoms with Gasteiger partial charge in [-0.15, -0.1) is 0 Å². The maximum Gasteiger partial charge on any atom is 0.416 e. The molecule has 2 aromatic rings. The summed E-state index contributed by atoms with van der Waals surface area (Å²) in [6, 6.07) is 10.6. The molecule has 0 aliphatic carbocycles. The van der Waals surface area contributed by atoms with Crippen LogP contribution in [0.4, 0.5) is 18.9 Å². The van der Waals surface area contributed by atoms with Gasteiger partial charge >= 0.3 is 6.18 Å². The third kappa shape index (κ3) is 3.53. The van der Waals surface area contributed by atoms with Crippen molar-refractivity contribution in [2.75, 3.05) is 11.9 Å². The second-order valence-corrected chi connectivity index (χ2v) is 5.74. The third-order valence-electron chi connectivity index (χ3n) is 4.07. The van der Waals surface area contributed by atoms with E-state index in [1.165, 1.54) is 18.2 Å². The number of hydrogen-bond acceptors (Lipinski definition) is 2. The molecule has 0 aromatic heterocycles. The van der Waals surface area contributed by atoms with Crippen LogP contribution in [-0.4, -0.2) is 12.5 Å². The topological polar surface area (TPSA) is 41.1 Å². The zero-order chi connectivity index (χ0) is 17.2. The average molecular weight is 334 g/mol. The van der Waals surface area contributed by atoms with Crippen molar-refractivity contribution in [3.63, 3.8) is 0 Å². The number of aryl methyl sites for hydroxylation is 1. The number of carbonyl (C=O) groups excluding carboxylic acids is 1. The van der Waals surface area contributed by atoms with Crippen molar-refractivity contribution in [2.45, 2.75) is 25.6 Å². The summed E-state index contributed by atoms with van der Waals surface area (Å²) >= 11 is 0. The summed E-state index contributed by atoms with van der Waals surface area (Å²) in [6.07, 6.45) is -2.55. The highest BCUT2D eigenvalue weighted by molar-refractivity contribution is 5.95. The van der Waals surface area contributed by atoms with Crippen LogP contribution in [0.5, 0.6) is 0 Å². The van der Waals surface area contributed by atoms with Gasteiger partial charge < -0.3 is 10.6 Å². The highest BCUT2D eigenvalue weighted by Gasteiger charge is 2.32. The number of amides is 1. The molecule has 1 aliphatic heterocycles. The summed E-state index contributed by atoms with van der Waals surface area (Å²) in [7, 11) is 0. The fourth-order valence-electron chi connectivity index (χ4n) is 2.84. The summed E-state index contributed by atoms with van der Waals surface area (Å²) in [5, 5.41) is 5.83. The fourth-order valence-corrected chi connectivity index (χ4v) is 2.84. The SMILES string of the molecule is O=C(NCc1ccccc1C(F)(F)F)c1ccc2c(c1)CCCN2. The molecule has 3 rings (SSSR count). The highest BCUT2D eigenvalue weighted by Crippen LogP contribution is 2.31. The van der Waals surface area contributed by atoms with Crippen LogP contribution in [0.2, 0.25) is 0 Å². The molecule has 2 aromatic carbocycles. The third-order valence-corrected chi connectivity index (χ3v) is 4.07. The van der Waals surface area contributed by atoms with Crippen molar-refractivity contribution >= 4 is 11.6 Å². The molecule has 0 saturated heterocycles. The maximum atomic E-state index is 13.0. The molecule has 1 aliphatic rings. The lowest BCUT2D eigenvalue weighted by molar-refractivity contribution is -0.138. The zero-order valence-electron chi connectivity index (χ0n) is 12.9. The van der Waals surface area contributed by atoms with E-state index in [0.29, 0.717) is 5.56 Å². The van der Waals surface area contributed by atoms with Gasteiger partial charge in [0.05, 0.1) is 5.56 Å². The van der Waals surface area contributed by atoms with E-state index in [4.69, 9.17) is 0 Å². The van der Waals surface area contributed by atoms with Crippen molar-refractivity contribution in [3.05, 3.63) is 64.7 Å². The minimum absolute atomic E-state index is 0.0537. The van der Waals surface area contributed by atoms with Gasteiger partial charge in [0.1, 0.15) is 0 Å². The Hall–Kier alpha value is -2.50. The largest absolute Gasteiger partial charge is 0.416 e. The first-order valence-corrected chi connectivity index (χ1v) is 7.75. The summed E-state index contributed by atoms with van der Waals surface area (Å²) in [5.74, 6) is -0.375. The smallest absolute Gasteiger partial charge is 0.385 e. The lowest BCUT2D eigenvalue weighted by Gasteiger charge is -2.18. The minimum Gasteiger partial charge on any atom is -0.385 e. The molecular formula is C18H17F3N2O. The maximum absolute atomic E-state index is 13.0. The van der Waals surface area contributed by atoms with Gasteiger partial charge in [0.15, 0.2) is 0 Å². The van der Waals surface area contributed by atoms with Crippen molar-refractivity contribution in [3.8, 4) is 0 Å². The predicted molar refractivity (Wildman–Crippen MR) is 85.9 cm³/mol. The Balaban J connectivity index is 1.73. The van der Waals surface area contributed by atoms with Gasteiger partial charge in [-0.2, -0.15) is 13.2 Å². The van der Waals surface area contributed by atoms with Crippen LogP contribution in [0, 0.1) is 0 Å². The second kappa shape index (κ2) is 6.55. The minimum atomic E-state index is -4.43. The highest BCUT2D eigenvalue weighted by atomic mass is 19.4. The van der Waals surface area contributed by atoms with Gasteiger partial charge in [-0.25, -0.2) is 0 Å². The van der Waals surface area contributed by atoms with Crippen LogP contribution in [0.25, 0.3) is 0 Å². The number of anilines is 1. The van der Waals surface area contributed by atoms with Crippen LogP contribution in [0.3, 0.4) is 0 Å². The number of benzene rings is 2. The zero-order valence-corrected chi connectivity index (χ0v) is 12.9. The first kappa shape index (κ1) is 16.4. The van der Waals surface area contributed by atoms with Crippen LogP contribution >= 0.6 is 0 Å². The normalized spacial score (nSPS) is 13.8. The molecule has 3 nitrogen and oxygen atoms in total. The van der Waals surface area contributed by atoms with E-state index >= 15 is 0 Å². The number of rotatable bonds is 3. The van der Waals surface area contributed by atoms with Crippen molar-refractivity contribution in [2.24, 2.45) is 0 Å². The number of carbonyl (C=O) groups is 1. The second-order valence-electron chi connectivity index (χ2n) is 5.74. The van der Waals surface area contributed by atoms with Crippen LogP contribution < -0.4 is 10.6 Å². The van der Waals surface area contributed by atoms with Crippen LogP contribution in [0.15, 0.2) is 42.5 Å². The molecule has 0 spiro atoms. The Morgan fingerprint density at radius 2 is 1.96 bits per heavy atom. The number of nitrogens with one attached hydrogen (secondary N) is 2. The van der Waals surface area contributed by atoms with Crippen molar-refractivity contribution in [1.82, 2.24) is 5.32 Å². The Labute approximate surface area is 137 Å². The Bertz CT molecular complexity index is 756. The Morgan fingerprint density at radius 1 is 1.17 bits per heavy atom. The lowest BCUT2D eigenvalue weighted by Crippen LogP contribution is -2.25. The van der Waals surface area contributed by atoms with E-state index in [-0.39, 0.29) is 18.0 Å². The number of alkyl halides is 3. The first-order valence-electron chi connectivity index (χ1n) is 7.75. The number of hydrogen-bond donors (Lipinski definition) is 2. The molecule has 0 radical (unpaired) electrons. The standard InChI is InChI=1S/C18H17F3N2O/c19-18(20,21)15-6-2-1-4-14(15)11-23-17(24)13-7-8-16-12(10-13)5-3-9-22-16/h1-2,4,6-8,10,22H,3,5,9,11H2,(H,23,24). The van der Waals surface area contributed by atoms with Gasteiger partial charge in [0, 0.05) is 24.3 Å². The van der Waals surface area contributed by atoms with E-state index in [1.807, 2.05) is 6.07 Å². The van der Waals surface area contributed by atoms with E-state index in [0.717, 1.165) is 36.7 Å². The Kier molecular flexibility index (Phi) is 4.46. The fraction of sp³-hybridized carbons (Fsp3) is 0.278. The van der Waals surface area contributed by atoms with E-state index < -0.39 is 11.7 Å². The van der Waals surface area contributed by atoms with E-state index in [1.54, 1.807) is 12.1 Å². The number of halogens is 3. The summed E-state index contributed by atoms with van der Waals surface area (Å²) < 4.78 is 38.9. The van der Waals surface area contributed by atoms with Crippen molar-refractivity contribution in [1.29, 1.82) is 0 Å². The molecule has 24 heavy (non-hydrogen) atoms. The van der Waals surface area contributed by atoms with E-state index in [9.17, 15) is 18.0 Å². The Morgan fingerprint density at radius 3 is 2.75 bits per heavy atom. The van der Waals surface area contributed by atoms with Gasteiger partial charge in [0.25, 0.3) is 5.91 Å².